The van der Waals surface area contributed by atoms with Gasteiger partial charge in [-0.05, 0) is 11.6 Å². The van der Waals surface area contributed by atoms with E-state index in [2.05, 4.69) is 12.6 Å². The molecule has 14 heavy (non-hydrogen) atoms. The van der Waals surface area contributed by atoms with Crippen molar-refractivity contribution in [2.75, 3.05) is 0 Å². The maximum absolute atomic E-state index is 10.8. The number of nitrogens with zero attached hydrogens (tertiary/aromatic N) is 1. The summed E-state index contributed by atoms with van der Waals surface area (Å²) in [6.45, 7) is 0. The lowest BCUT2D eigenvalue weighted by Crippen LogP contribution is -2.04. The van der Waals surface area contributed by atoms with Crippen LogP contribution in [0.1, 0.15) is 21.5 Å². The Morgan fingerprint density at radius 2 is 2.29 bits per heavy atom. The number of rotatable bonds is 2. The van der Waals surface area contributed by atoms with Crippen molar-refractivity contribution in [2.24, 2.45) is 0 Å². The van der Waals surface area contributed by atoms with Crippen molar-refractivity contribution in [2.45, 2.75) is 10.8 Å². The van der Waals surface area contributed by atoms with Crippen LogP contribution in [0, 0.1) is 11.3 Å². The van der Waals surface area contributed by atoms with Crippen LogP contribution in [-0.2, 0) is 5.88 Å². The van der Waals surface area contributed by atoms with E-state index in [4.69, 9.17) is 22.0 Å². The molecule has 1 N–H and O–H groups in total. The van der Waals surface area contributed by atoms with Gasteiger partial charge in [0, 0.05) is 10.8 Å². The standard InChI is InChI=1S/C9H6ClNO2S/c10-3-5-1-2-7(14)8(9(12)13)6(5)4-11/h1-2,14H,3H2,(H,12,13). The molecule has 0 saturated carbocycles. The normalized spacial score (nSPS) is 9.50. The fourth-order valence-electron chi connectivity index (χ4n) is 1.09. The number of carbonyl (C=O) groups is 1. The smallest absolute Gasteiger partial charge is 0.338 e. The van der Waals surface area contributed by atoms with E-state index in [0.29, 0.717) is 5.56 Å². The van der Waals surface area contributed by atoms with Crippen LogP contribution in [-0.4, -0.2) is 11.1 Å². The van der Waals surface area contributed by atoms with Gasteiger partial charge in [0.1, 0.15) is 6.07 Å². The zero-order valence-corrected chi connectivity index (χ0v) is 8.64. The molecule has 0 fully saturated rings. The van der Waals surface area contributed by atoms with Crippen molar-refractivity contribution in [3.8, 4) is 6.07 Å². The van der Waals surface area contributed by atoms with Gasteiger partial charge in [-0.2, -0.15) is 5.26 Å². The van der Waals surface area contributed by atoms with E-state index >= 15 is 0 Å². The number of carboxylic acid groups (broad SMARTS) is 1. The first kappa shape index (κ1) is 10.9. The van der Waals surface area contributed by atoms with E-state index in [1.165, 1.54) is 6.07 Å². The minimum atomic E-state index is -1.17. The molecule has 5 heteroatoms. The molecule has 0 aliphatic rings. The second-order valence-electron chi connectivity index (χ2n) is 2.54. The van der Waals surface area contributed by atoms with Crippen molar-refractivity contribution < 1.29 is 9.90 Å². The number of carboxylic acids is 1. The number of benzene rings is 1. The minimum absolute atomic E-state index is 0.0833. The average Bonchev–Trinajstić information content (AvgIpc) is 2.16. The van der Waals surface area contributed by atoms with Crippen molar-refractivity contribution in [1.82, 2.24) is 0 Å². The van der Waals surface area contributed by atoms with Gasteiger partial charge in [-0.1, -0.05) is 6.07 Å². The van der Waals surface area contributed by atoms with E-state index in [9.17, 15) is 4.79 Å². The summed E-state index contributed by atoms with van der Waals surface area (Å²) < 4.78 is 0. The first-order valence-electron chi connectivity index (χ1n) is 3.66. The molecule has 1 aromatic carbocycles. The number of halogens is 1. The second kappa shape index (κ2) is 4.36. The van der Waals surface area contributed by atoms with Crippen molar-refractivity contribution in [3.63, 3.8) is 0 Å². The molecule has 0 bridgehead atoms. The zero-order valence-electron chi connectivity index (χ0n) is 6.99. The molecule has 0 spiro atoms. The Balaban J connectivity index is 3.53. The summed E-state index contributed by atoms with van der Waals surface area (Å²) in [4.78, 5) is 11.1. The van der Waals surface area contributed by atoms with Crippen LogP contribution in [0.2, 0.25) is 0 Å². The summed E-state index contributed by atoms with van der Waals surface area (Å²) >= 11 is 9.54. The van der Waals surface area contributed by atoms with Gasteiger partial charge in [0.25, 0.3) is 0 Å². The lowest BCUT2D eigenvalue weighted by Gasteiger charge is -2.05. The Labute approximate surface area is 91.3 Å². The number of alkyl halides is 1. The summed E-state index contributed by atoms with van der Waals surface area (Å²) in [5, 5.41) is 17.7. The van der Waals surface area contributed by atoms with Crippen LogP contribution in [0.25, 0.3) is 0 Å². The number of hydrogen-bond acceptors (Lipinski definition) is 3. The predicted octanol–water partition coefficient (Wildman–Crippen LogP) is 2.28. The Morgan fingerprint density at radius 1 is 1.64 bits per heavy atom. The fourth-order valence-corrected chi connectivity index (χ4v) is 1.60. The third-order valence-electron chi connectivity index (χ3n) is 1.74. The molecule has 0 aliphatic carbocycles. The predicted molar refractivity (Wildman–Crippen MR) is 54.9 cm³/mol. The SMILES string of the molecule is N#Cc1c(CCl)ccc(S)c1C(=O)O. The number of nitriles is 1. The second-order valence-corrected chi connectivity index (χ2v) is 3.29. The Morgan fingerprint density at radius 3 is 2.71 bits per heavy atom. The summed E-state index contributed by atoms with van der Waals surface area (Å²) in [5.74, 6) is -1.06. The molecule has 0 saturated heterocycles. The largest absolute Gasteiger partial charge is 0.478 e. The first-order chi connectivity index (χ1) is 6.61. The molecular formula is C9H6ClNO2S. The van der Waals surface area contributed by atoms with Crippen molar-refractivity contribution in [3.05, 3.63) is 28.8 Å². The maximum atomic E-state index is 10.8. The van der Waals surface area contributed by atoms with Gasteiger partial charge in [-0.25, -0.2) is 4.79 Å². The highest BCUT2D eigenvalue weighted by molar-refractivity contribution is 7.80. The van der Waals surface area contributed by atoms with E-state index in [1.54, 1.807) is 6.07 Å². The summed E-state index contributed by atoms with van der Waals surface area (Å²) in [7, 11) is 0. The molecule has 3 nitrogen and oxygen atoms in total. The highest BCUT2D eigenvalue weighted by Crippen LogP contribution is 2.22. The number of thiol groups is 1. The Bertz CT molecular complexity index is 426. The lowest BCUT2D eigenvalue weighted by molar-refractivity contribution is 0.0692. The highest BCUT2D eigenvalue weighted by Gasteiger charge is 2.16. The summed E-state index contributed by atoms with van der Waals surface area (Å²) in [6.07, 6.45) is 0. The molecule has 0 unspecified atom stereocenters. The average molecular weight is 228 g/mol. The van der Waals surface area contributed by atoms with Gasteiger partial charge >= 0.3 is 5.97 Å². The third-order valence-corrected chi connectivity index (χ3v) is 2.40. The number of aromatic carboxylic acids is 1. The Hall–Kier alpha value is -1.18. The van der Waals surface area contributed by atoms with Crippen molar-refractivity contribution in [1.29, 1.82) is 5.26 Å². The molecule has 0 atom stereocenters. The zero-order chi connectivity index (χ0) is 10.7. The van der Waals surface area contributed by atoms with E-state index in [1.807, 2.05) is 6.07 Å². The van der Waals surface area contributed by atoms with Crippen LogP contribution in [0.3, 0.4) is 0 Å². The number of hydrogen-bond donors (Lipinski definition) is 2. The van der Waals surface area contributed by atoms with Gasteiger partial charge in [-0.3, -0.25) is 0 Å². The molecular weight excluding hydrogens is 222 g/mol. The van der Waals surface area contributed by atoms with Gasteiger partial charge in [0.05, 0.1) is 11.1 Å². The van der Waals surface area contributed by atoms with Crippen LogP contribution in [0.15, 0.2) is 17.0 Å². The monoisotopic (exact) mass is 227 g/mol. The third kappa shape index (κ3) is 1.84. The molecule has 1 rings (SSSR count). The topological polar surface area (TPSA) is 61.1 Å². The maximum Gasteiger partial charge on any atom is 0.338 e. The molecule has 0 aliphatic heterocycles. The molecule has 0 amide bonds. The van der Waals surface area contributed by atoms with Crippen LogP contribution in [0.5, 0.6) is 0 Å². The van der Waals surface area contributed by atoms with Gasteiger partial charge in [0.15, 0.2) is 0 Å². The fraction of sp³-hybridized carbons (Fsp3) is 0.111. The van der Waals surface area contributed by atoms with E-state index in [0.717, 1.165) is 0 Å². The molecule has 0 aromatic heterocycles. The summed E-state index contributed by atoms with van der Waals surface area (Å²) in [6, 6.07) is 4.94. The summed E-state index contributed by atoms with van der Waals surface area (Å²) in [5.41, 5.74) is 0.498. The molecule has 72 valence electrons. The van der Waals surface area contributed by atoms with Crippen molar-refractivity contribution >= 4 is 30.2 Å². The molecule has 0 radical (unpaired) electrons. The van der Waals surface area contributed by atoms with Crippen LogP contribution < -0.4 is 0 Å². The minimum Gasteiger partial charge on any atom is -0.478 e. The van der Waals surface area contributed by atoms with Crippen LogP contribution in [0.4, 0.5) is 0 Å². The van der Waals surface area contributed by atoms with Gasteiger partial charge in [-0.15, -0.1) is 24.2 Å². The highest BCUT2D eigenvalue weighted by atomic mass is 35.5. The first-order valence-corrected chi connectivity index (χ1v) is 4.64. The lowest BCUT2D eigenvalue weighted by atomic mass is 10.0. The van der Waals surface area contributed by atoms with Crippen LogP contribution >= 0.6 is 24.2 Å². The Kier molecular flexibility index (Phi) is 3.39. The van der Waals surface area contributed by atoms with E-state index < -0.39 is 5.97 Å². The molecule has 1 aromatic rings. The molecule has 0 heterocycles. The van der Waals surface area contributed by atoms with Gasteiger partial charge in [0.2, 0.25) is 0 Å². The quantitative estimate of drug-likeness (QED) is 0.602. The van der Waals surface area contributed by atoms with E-state index in [-0.39, 0.29) is 21.9 Å². The van der Waals surface area contributed by atoms with Gasteiger partial charge < -0.3 is 5.11 Å².